The number of amides is 1. The van der Waals surface area contributed by atoms with Gasteiger partial charge in [0, 0.05) is 43.1 Å². The molecule has 7 nitrogen and oxygen atoms in total. The van der Waals surface area contributed by atoms with Gasteiger partial charge in [-0.2, -0.15) is 0 Å². The number of ketones is 1. The summed E-state index contributed by atoms with van der Waals surface area (Å²) in [5.74, 6) is 1.89. The predicted octanol–water partition coefficient (Wildman–Crippen LogP) is 7.68. The molecule has 1 aliphatic carbocycles. The number of Topliss-reactive ketones (excluding diaryl/α,β-unsaturated/α-hetero) is 1. The molecule has 0 spiro atoms. The second-order valence-corrected chi connectivity index (χ2v) is 15.0. The highest BCUT2D eigenvalue weighted by Gasteiger charge is 2.39. The van der Waals surface area contributed by atoms with Gasteiger partial charge in [0.25, 0.3) is 5.91 Å². The van der Waals surface area contributed by atoms with Crippen molar-refractivity contribution in [1.82, 2.24) is 4.72 Å². The number of nitrogens with zero attached hydrogens (tertiary/aromatic N) is 1. The van der Waals surface area contributed by atoms with Gasteiger partial charge in [0.05, 0.1) is 23.6 Å². The lowest BCUT2D eigenvalue weighted by Gasteiger charge is -2.43. The third kappa shape index (κ3) is 9.02. The summed E-state index contributed by atoms with van der Waals surface area (Å²) in [5.41, 5.74) is 3.95. The van der Waals surface area contributed by atoms with Crippen LogP contribution in [0.4, 0.5) is 5.69 Å². The Labute approximate surface area is 283 Å². The number of carbonyl (C=O) groups is 2. The Hall–Kier alpha value is -2.68. The fraction of sp³-hybridized carbons (Fsp3) is 0.568. The van der Waals surface area contributed by atoms with Crippen LogP contribution in [0.15, 0.2) is 48.6 Å². The number of benzene rings is 2. The van der Waals surface area contributed by atoms with E-state index in [1.54, 1.807) is 20.1 Å². The quantitative estimate of drug-likeness (QED) is 0.329. The summed E-state index contributed by atoms with van der Waals surface area (Å²) in [7, 11) is 0.296. The average molecular weight is 671 g/mol. The maximum absolute atomic E-state index is 13.3. The Morgan fingerprint density at radius 3 is 2.54 bits per heavy atom. The van der Waals surface area contributed by atoms with Crippen molar-refractivity contribution in [2.24, 2.45) is 17.8 Å². The molecule has 2 aromatic carbocycles. The molecule has 1 fully saturated rings. The minimum atomic E-state index is -1.50. The molecule has 1 amide bonds. The van der Waals surface area contributed by atoms with E-state index in [4.69, 9.17) is 21.1 Å². The molecule has 2 aromatic rings. The first-order valence-corrected chi connectivity index (χ1v) is 18.4. The van der Waals surface area contributed by atoms with Gasteiger partial charge in [-0.3, -0.25) is 9.52 Å². The maximum atomic E-state index is 13.3. The van der Waals surface area contributed by atoms with Crippen LogP contribution >= 0.6 is 11.6 Å². The summed E-state index contributed by atoms with van der Waals surface area (Å²) >= 11 is 6.40. The van der Waals surface area contributed by atoms with Gasteiger partial charge < -0.3 is 19.2 Å². The van der Waals surface area contributed by atoms with Crippen molar-refractivity contribution in [3.05, 3.63) is 70.3 Å². The molecule has 9 heteroatoms. The van der Waals surface area contributed by atoms with Crippen molar-refractivity contribution in [1.29, 1.82) is 0 Å². The molecule has 252 valence electrons. The fourth-order valence-electron chi connectivity index (χ4n) is 6.46. The number of fused-ring (bicyclic) bond motifs is 2. The van der Waals surface area contributed by atoms with Crippen LogP contribution in [0.2, 0.25) is 5.02 Å². The number of nitrogens with one attached hydrogen (secondary N) is 1. The second kappa shape index (κ2) is 16.9. The summed E-state index contributed by atoms with van der Waals surface area (Å²) in [5, 5.41) is 0.569. The first kappa shape index (κ1) is 36.2. The first-order chi connectivity index (χ1) is 22.1. The van der Waals surface area contributed by atoms with E-state index < -0.39 is 11.0 Å². The van der Waals surface area contributed by atoms with Crippen LogP contribution in [0.25, 0.3) is 0 Å². The smallest absolute Gasteiger partial charge is 0.263 e. The number of allylic oxidation sites excluding steroid dienone is 1. The zero-order chi connectivity index (χ0) is 33.4. The molecule has 7 unspecified atom stereocenters. The number of halogens is 1. The van der Waals surface area contributed by atoms with Crippen LogP contribution in [0.1, 0.15) is 94.1 Å². The van der Waals surface area contributed by atoms with Gasteiger partial charge in [-0.05, 0) is 98.7 Å². The van der Waals surface area contributed by atoms with Crippen LogP contribution in [-0.4, -0.2) is 54.1 Å². The lowest BCUT2D eigenvalue weighted by Crippen LogP contribution is -2.44. The molecule has 7 atom stereocenters. The van der Waals surface area contributed by atoms with Crippen molar-refractivity contribution in [2.45, 2.75) is 90.4 Å². The summed E-state index contributed by atoms with van der Waals surface area (Å²) in [6.45, 7) is 11.8. The van der Waals surface area contributed by atoms with Gasteiger partial charge >= 0.3 is 0 Å². The lowest BCUT2D eigenvalue weighted by molar-refractivity contribution is -0.116. The number of rotatable bonds is 5. The highest BCUT2D eigenvalue weighted by Crippen LogP contribution is 2.43. The molecule has 1 N–H and O–H groups in total. The van der Waals surface area contributed by atoms with Crippen molar-refractivity contribution < 1.29 is 23.3 Å². The molecule has 0 radical (unpaired) electrons. The number of ether oxygens (including phenoxy) is 2. The van der Waals surface area contributed by atoms with E-state index >= 15 is 0 Å². The molecule has 3 aliphatic rings. The van der Waals surface area contributed by atoms with E-state index in [0.717, 1.165) is 61.7 Å². The molecule has 46 heavy (non-hydrogen) atoms. The van der Waals surface area contributed by atoms with Gasteiger partial charge in [-0.15, -0.1) is 0 Å². The van der Waals surface area contributed by atoms with Gasteiger partial charge in [0.2, 0.25) is 0 Å². The van der Waals surface area contributed by atoms with E-state index in [1.165, 1.54) is 11.1 Å². The number of anilines is 1. The molecule has 5 rings (SSSR count). The van der Waals surface area contributed by atoms with E-state index in [0.29, 0.717) is 30.4 Å². The largest absolute Gasteiger partial charge is 0.491 e. The van der Waals surface area contributed by atoms with E-state index in [9.17, 15) is 13.8 Å². The Morgan fingerprint density at radius 1 is 1.13 bits per heavy atom. The molecule has 2 bridgehead atoms. The van der Waals surface area contributed by atoms with Crippen LogP contribution in [0.5, 0.6) is 5.75 Å². The number of carbonyl (C=O) groups excluding carboxylic acids is 2. The molecular weight excluding hydrogens is 620 g/mol. The summed E-state index contributed by atoms with van der Waals surface area (Å²) < 4.78 is 28.3. The Morgan fingerprint density at radius 2 is 1.89 bits per heavy atom. The van der Waals surface area contributed by atoms with Crippen molar-refractivity contribution in [2.75, 3.05) is 31.7 Å². The number of hydrogen-bond donors (Lipinski definition) is 1. The molecular formula is C37H51ClN2O5S. The zero-order valence-electron chi connectivity index (χ0n) is 28.2. The standard InChI is InChI=1S/C33H43ClN2O4S.C4H8O/c1-5-7-23-16-27(34)12-14-28(23)26-19-36-18-25-10-13-29(25)31(39-4)9-6-8-21(2)22(3)41(38)35-33(37)24-11-15-32(40-20-26)30(36)17-24;1-3-4(2)5/h6,9,11-12,14-17,21-22,25-26,29,31H,5,7-8,10,13,18-20H2,1-4H3,(H,35,37);3H2,1-2H3/b9-6+;. The number of hydrogen-bond acceptors (Lipinski definition) is 6. The van der Waals surface area contributed by atoms with Crippen LogP contribution in [-0.2, 0) is 26.9 Å². The summed E-state index contributed by atoms with van der Waals surface area (Å²) in [4.78, 5) is 25.5. The second-order valence-electron chi connectivity index (χ2n) is 13.0. The predicted molar refractivity (Wildman–Crippen MR) is 188 cm³/mol. The Kier molecular flexibility index (Phi) is 13.3. The maximum Gasteiger partial charge on any atom is 0.263 e. The number of methoxy groups -OCH3 is 1. The van der Waals surface area contributed by atoms with Gasteiger partial charge in [0.1, 0.15) is 22.5 Å². The molecule has 2 aliphatic heterocycles. The third-order valence-corrected chi connectivity index (χ3v) is 11.6. The highest BCUT2D eigenvalue weighted by atomic mass is 35.5. The summed E-state index contributed by atoms with van der Waals surface area (Å²) in [6, 6.07) is 11.8. The monoisotopic (exact) mass is 670 g/mol. The van der Waals surface area contributed by atoms with Crippen LogP contribution in [0.3, 0.4) is 0 Å². The third-order valence-electron chi connectivity index (χ3n) is 9.80. The minimum absolute atomic E-state index is 0.0478. The van der Waals surface area contributed by atoms with Crippen molar-refractivity contribution in [3.63, 3.8) is 0 Å². The van der Waals surface area contributed by atoms with Gasteiger partial charge in [0.15, 0.2) is 0 Å². The van der Waals surface area contributed by atoms with Gasteiger partial charge in [-0.25, -0.2) is 4.21 Å². The normalized spacial score (nSPS) is 28.6. The molecule has 0 saturated heterocycles. The number of aryl methyl sites for hydroxylation is 1. The highest BCUT2D eigenvalue weighted by molar-refractivity contribution is 7.84. The van der Waals surface area contributed by atoms with Crippen LogP contribution in [0, 0.1) is 17.8 Å². The minimum Gasteiger partial charge on any atom is -0.491 e. The molecule has 2 heterocycles. The van der Waals surface area contributed by atoms with Crippen LogP contribution < -0.4 is 14.4 Å². The van der Waals surface area contributed by atoms with Crippen molar-refractivity contribution >= 4 is 40.0 Å². The van der Waals surface area contributed by atoms with Gasteiger partial charge in [-0.1, -0.05) is 57.0 Å². The average Bonchev–Trinajstić information content (AvgIpc) is 3.21. The Balaban J connectivity index is 0.000000892. The van der Waals surface area contributed by atoms with E-state index in [-0.39, 0.29) is 34.9 Å². The van der Waals surface area contributed by atoms with E-state index in [2.05, 4.69) is 47.8 Å². The fourth-order valence-corrected chi connectivity index (χ4v) is 7.68. The first-order valence-electron chi connectivity index (χ1n) is 16.8. The lowest BCUT2D eigenvalue weighted by atomic mass is 9.70. The van der Waals surface area contributed by atoms with E-state index in [1.807, 2.05) is 32.0 Å². The summed E-state index contributed by atoms with van der Waals surface area (Å²) in [6.07, 6.45) is 10.1. The topological polar surface area (TPSA) is 84.9 Å². The molecule has 0 aromatic heterocycles. The Bertz CT molecular complexity index is 1410. The van der Waals surface area contributed by atoms with Crippen molar-refractivity contribution in [3.8, 4) is 5.75 Å². The molecule has 1 saturated carbocycles. The SMILES string of the molecule is CCC(C)=O.CCCc1cc(Cl)ccc1C1COc2ccc3cc2N(C1)CC1CCC1C(OC)/C=C/CC(C)C(C)S(=O)NC3=O. The zero-order valence-corrected chi connectivity index (χ0v) is 29.8.